The van der Waals surface area contributed by atoms with Crippen molar-refractivity contribution in [2.45, 2.75) is 0 Å². The van der Waals surface area contributed by atoms with Crippen LogP contribution in [0, 0.1) is 0 Å². The van der Waals surface area contributed by atoms with E-state index in [2.05, 4.69) is 205 Å². The summed E-state index contributed by atoms with van der Waals surface area (Å²) in [5.41, 5.74) is 9.77. The van der Waals surface area contributed by atoms with Crippen LogP contribution in [0.5, 0.6) is 0 Å². The lowest BCUT2D eigenvalue weighted by molar-refractivity contribution is 0.673. The lowest BCUT2D eigenvalue weighted by Gasteiger charge is -2.28. The van der Waals surface area contributed by atoms with E-state index >= 15 is 0 Å². The van der Waals surface area contributed by atoms with Gasteiger partial charge in [0.05, 0.1) is 5.69 Å². The molecule has 0 saturated heterocycles. The molecule has 0 spiro atoms. The Bertz CT molecular complexity index is 3210. The molecule has 0 aliphatic rings. The predicted molar refractivity (Wildman–Crippen MR) is 229 cm³/mol. The zero-order valence-electron chi connectivity index (χ0n) is 29.4. The Balaban J connectivity index is 1.17. The Kier molecular flexibility index (Phi) is 6.90. The van der Waals surface area contributed by atoms with Gasteiger partial charge in [-0.05, 0) is 103 Å². The molecule has 0 N–H and O–H groups in total. The molecule has 54 heavy (non-hydrogen) atoms. The van der Waals surface area contributed by atoms with Gasteiger partial charge in [-0.25, -0.2) is 0 Å². The molecule has 1 aromatic heterocycles. The Morgan fingerprint density at radius 3 is 1.70 bits per heavy atom. The van der Waals surface area contributed by atoms with Gasteiger partial charge in [0.25, 0.3) is 0 Å². The molecule has 0 amide bonds. The summed E-state index contributed by atoms with van der Waals surface area (Å²) in [7, 11) is 0. The fourth-order valence-electron chi connectivity index (χ4n) is 8.42. The van der Waals surface area contributed by atoms with Crippen molar-refractivity contribution in [2.24, 2.45) is 0 Å². The summed E-state index contributed by atoms with van der Waals surface area (Å²) in [5.74, 6) is 0. The summed E-state index contributed by atoms with van der Waals surface area (Å²) in [4.78, 5) is 2.40. The van der Waals surface area contributed by atoms with Crippen molar-refractivity contribution < 1.29 is 4.42 Å². The molecule has 0 fully saturated rings. The summed E-state index contributed by atoms with van der Waals surface area (Å²) < 4.78 is 6.75. The van der Waals surface area contributed by atoms with Crippen molar-refractivity contribution in [3.63, 3.8) is 0 Å². The third-order valence-electron chi connectivity index (χ3n) is 11.0. The number of anilines is 3. The van der Waals surface area contributed by atoms with Gasteiger partial charge in [-0.3, -0.25) is 0 Å². The zero-order valence-corrected chi connectivity index (χ0v) is 29.4. The van der Waals surface area contributed by atoms with E-state index in [1.165, 1.54) is 60.0 Å². The first kappa shape index (κ1) is 30.5. The smallest absolute Gasteiger partial charge is 0.143 e. The molecule has 0 saturated carbocycles. The Morgan fingerprint density at radius 1 is 0.315 bits per heavy atom. The molecular weight excluding hydrogens is 655 g/mol. The number of hydrogen-bond acceptors (Lipinski definition) is 2. The number of furan rings is 1. The van der Waals surface area contributed by atoms with Crippen LogP contribution in [-0.4, -0.2) is 0 Å². The van der Waals surface area contributed by atoms with Gasteiger partial charge in [0, 0.05) is 39.0 Å². The largest absolute Gasteiger partial charge is 0.455 e. The minimum atomic E-state index is 0.866. The molecule has 0 bridgehead atoms. The normalized spacial score (nSPS) is 11.7. The topological polar surface area (TPSA) is 16.4 Å². The fourth-order valence-corrected chi connectivity index (χ4v) is 8.42. The monoisotopic (exact) mass is 687 g/mol. The number of rotatable bonds is 5. The summed E-state index contributed by atoms with van der Waals surface area (Å²) in [5, 5.41) is 11.9. The maximum absolute atomic E-state index is 6.75. The molecule has 11 rings (SSSR count). The van der Waals surface area contributed by atoms with Gasteiger partial charge in [-0.1, -0.05) is 146 Å². The predicted octanol–water partition coefficient (Wildman–Crippen LogP) is 15.0. The maximum atomic E-state index is 6.75. The van der Waals surface area contributed by atoms with E-state index in [0.717, 1.165) is 44.4 Å². The van der Waals surface area contributed by atoms with E-state index < -0.39 is 0 Å². The highest BCUT2D eigenvalue weighted by Crippen LogP contribution is 2.45. The van der Waals surface area contributed by atoms with E-state index in [9.17, 15) is 0 Å². The quantitative estimate of drug-likeness (QED) is 0.168. The molecule has 252 valence electrons. The highest BCUT2D eigenvalue weighted by Gasteiger charge is 2.20. The van der Waals surface area contributed by atoms with Crippen molar-refractivity contribution >= 4 is 82.1 Å². The molecule has 0 unspecified atom stereocenters. The molecule has 0 radical (unpaired) electrons. The first-order valence-corrected chi connectivity index (χ1v) is 18.5. The molecule has 11 aromatic rings. The number of hydrogen-bond donors (Lipinski definition) is 0. The van der Waals surface area contributed by atoms with Crippen LogP contribution in [0.1, 0.15) is 0 Å². The van der Waals surface area contributed by atoms with Gasteiger partial charge in [0.1, 0.15) is 11.2 Å². The highest BCUT2D eigenvalue weighted by molar-refractivity contribution is 6.17. The lowest BCUT2D eigenvalue weighted by atomic mass is 9.91. The van der Waals surface area contributed by atoms with Crippen LogP contribution in [0.2, 0.25) is 0 Å². The fraction of sp³-hybridized carbons (Fsp3) is 0. The lowest BCUT2D eigenvalue weighted by Crippen LogP contribution is -2.10. The minimum absolute atomic E-state index is 0.866. The average molecular weight is 688 g/mol. The number of fused-ring (bicyclic) bond motifs is 9. The summed E-state index contributed by atoms with van der Waals surface area (Å²) in [6.45, 7) is 0. The summed E-state index contributed by atoms with van der Waals surface area (Å²) in [6, 6.07) is 72.3. The van der Waals surface area contributed by atoms with Gasteiger partial charge < -0.3 is 9.32 Å². The van der Waals surface area contributed by atoms with E-state index in [4.69, 9.17) is 4.42 Å². The van der Waals surface area contributed by atoms with Crippen LogP contribution in [0.15, 0.2) is 205 Å². The Morgan fingerprint density at radius 2 is 0.907 bits per heavy atom. The van der Waals surface area contributed by atoms with Crippen LogP contribution in [-0.2, 0) is 0 Å². The maximum Gasteiger partial charge on any atom is 0.143 e. The third-order valence-corrected chi connectivity index (χ3v) is 11.0. The summed E-state index contributed by atoms with van der Waals surface area (Å²) >= 11 is 0. The van der Waals surface area contributed by atoms with Crippen molar-refractivity contribution in [1.82, 2.24) is 0 Å². The van der Waals surface area contributed by atoms with Gasteiger partial charge in [-0.2, -0.15) is 0 Å². The average Bonchev–Trinajstić information content (AvgIpc) is 3.62. The Labute approximate surface area is 312 Å². The first-order valence-electron chi connectivity index (χ1n) is 18.5. The van der Waals surface area contributed by atoms with Crippen LogP contribution in [0.4, 0.5) is 17.1 Å². The van der Waals surface area contributed by atoms with Crippen LogP contribution >= 0.6 is 0 Å². The van der Waals surface area contributed by atoms with E-state index in [-0.39, 0.29) is 0 Å². The van der Waals surface area contributed by atoms with Crippen LogP contribution in [0.3, 0.4) is 0 Å². The summed E-state index contributed by atoms with van der Waals surface area (Å²) in [6.07, 6.45) is 0. The van der Waals surface area contributed by atoms with E-state index in [0.29, 0.717) is 0 Å². The molecule has 1 heterocycles. The van der Waals surface area contributed by atoms with Crippen molar-refractivity contribution in [3.05, 3.63) is 200 Å². The van der Waals surface area contributed by atoms with Crippen molar-refractivity contribution in [2.75, 3.05) is 4.90 Å². The van der Waals surface area contributed by atoms with Gasteiger partial charge >= 0.3 is 0 Å². The van der Waals surface area contributed by atoms with Crippen LogP contribution < -0.4 is 4.90 Å². The van der Waals surface area contributed by atoms with Gasteiger partial charge in [-0.15, -0.1) is 0 Å². The second kappa shape index (κ2) is 12.2. The number of nitrogens with zero attached hydrogens (tertiary/aromatic N) is 1. The molecule has 0 aliphatic carbocycles. The SMILES string of the molecule is c1ccc(-c2ccc(N(c3ccc4c(c3)oc3c5ccccc5ccc43)c3cc(-c4cc5ccccc5c5ccccc45)cc4ccccc34)cc2)cc1. The Hall–Kier alpha value is -7.16. The van der Waals surface area contributed by atoms with Crippen molar-refractivity contribution in [1.29, 1.82) is 0 Å². The molecule has 0 atom stereocenters. The molecule has 2 heteroatoms. The third kappa shape index (κ3) is 4.88. The second-order valence-corrected chi connectivity index (χ2v) is 14.1. The highest BCUT2D eigenvalue weighted by atomic mass is 16.3. The van der Waals surface area contributed by atoms with Gasteiger partial charge in [0.2, 0.25) is 0 Å². The van der Waals surface area contributed by atoms with Crippen molar-refractivity contribution in [3.8, 4) is 22.3 Å². The molecule has 10 aromatic carbocycles. The molecular formula is C52H33NO. The molecule has 0 aliphatic heterocycles. The zero-order chi connectivity index (χ0) is 35.6. The first-order chi connectivity index (χ1) is 26.8. The van der Waals surface area contributed by atoms with Crippen LogP contribution in [0.25, 0.3) is 87.3 Å². The number of benzene rings is 10. The molecule has 2 nitrogen and oxygen atoms in total. The minimum Gasteiger partial charge on any atom is -0.455 e. The van der Waals surface area contributed by atoms with E-state index in [1.807, 2.05) is 0 Å². The second-order valence-electron chi connectivity index (χ2n) is 14.1. The van der Waals surface area contributed by atoms with E-state index in [1.54, 1.807) is 0 Å². The van der Waals surface area contributed by atoms with Gasteiger partial charge in [0.15, 0.2) is 0 Å². The standard InChI is InChI=1S/C52H33NO/c1-2-12-34(13-3-1)35-22-25-40(26-23-35)53(41-27-29-47-48-28-24-36-14-4-9-19-44(36)52(48)54-51(47)33-41)50-32-39(30-37-15-6-8-18-43(37)50)49-31-38-16-5-7-17-42(38)45-20-10-11-21-46(45)49/h1-33H.